The highest BCUT2D eigenvalue weighted by molar-refractivity contribution is 6.37. The highest BCUT2D eigenvalue weighted by Gasteiger charge is 2.23. The lowest BCUT2D eigenvalue weighted by Crippen LogP contribution is -2.25. The van der Waals surface area contributed by atoms with Crippen molar-refractivity contribution in [2.75, 3.05) is 11.9 Å². The lowest BCUT2D eigenvalue weighted by Gasteiger charge is -2.18. The van der Waals surface area contributed by atoms with E-state index in [1.165, 1.54) is 29.5 Å². The first-order valence-electron chi connectivity index (χ1n) is 10.0. The number of anilines is 2. The van der Waals surface area contributed by atoms with Crippen LogP contribution in [0, 0.1) is 0 Å². The Morgan fingerprint density at radius 3 is 2.67 bits per heavy atom. The minimum Gasteiger partial charge on any atom is -0.324 e. The molecule has 0 atom stereocenters. The number of nitrogens with zero attached hydrogens (tertiary/aromatic N) is 4. The molecule has 1 aliphatic heterocycles. The molecule has 0 radical (unpaired) electrons. The molecule has 0 amide bonds. The Kier molecular flexibility index (Phi) is 5.69. The van der Waals surface area contributed by atoms with Crippen molar-refractivity contribution in [1.29, 1.82) is 0 Å². The minimum atomic E-state index is -3.00. The van der Waals surface area contributed by atoms with Gasteiger partial charge < -0.3 is 10.6 Å². The highest BCUT2D eigenvalue weighted by Crippen LogP contribution is 2.30. The van der Waals surface area contributed by atoms with Gasteiger partial charge in [-0.25, -0.2) is 18.7 Å². The van der Waals surface area contributed by atoms with Crippen LogP contribution in [0.15, 0.2) is 47.4 Å². The molecule has 0 saturated carbocycles. The number of para-hydroxylation sites is 1. The van der Waals surface area contributed by atoms with Crippen LogP contribution in [-0.4, -0.2) is 26.3 Å². The van der Waals surface area contributed by atoms with Gasteiger partial charge in [0.1, 0.15) is 11.2 Å². The Labute approximate surface area is 196 Å². The van der Waals surface area contributed by atoms with E-state index in [4.69, 9.17) is 23.2 Å². The maximum Gasteiger partial charge on any atom is 0.284 e. The molecule has 0 aliphatic carbocycles. The maximum absolute atomic E-state index is 13.9. The average molecular weight is 489 g/mol. The Bertz CT molecular complexity index is 1420. The number of hydrogen-bond donors (Lipinski definition) is 2. The van der Waals surface area contributed by atoms with Gasteiger partial charge in [0.2, 0.25) is 5.95 Å². The van der Waals surface area contributed by atoms with Crippen molar-refractivity contribution < 1.29 is 8.78 Å². The van der Waals surface area contributed by atoms with Crippen LogP contribution in [0.5, 0.6) is 0 Å². The lowest BCUT2D eigenvalue weighted by atomic mass is 10.0. The first-order chi connectivity index (χ1) is 15.9. The fourth-order valence-corrected chi connectivity index (χ4v) is 4.34. The minimum absolute atomic E-state index is 0.0142. The topological polar surface area (TPSA) is 84.7 Å². The van der Waals surface area contributed by atoms with E-state index in [9.17, 15) is 13.6 Å². The van der Waals surface area contributed by atoms with Crippen molar-refractivity contribution in [1.82, 2.24) is 25.1 Å². The first-order valence-corrected chi connectivity index (χ1v) is 10.8. The van der Waals surface area contributed by atoms with Crippen LogP contribution in [0.2, 0.25) is 10.0 Å². The van der Waals surface area contributed by atoms with Gasteiger partial charge in [-0.3, -0.25) is 4.79 Å². The van der Waals surface area contributed by atoms with Crippen molar-refractivity contribution in [3.63, 3.8) is 0 Å². The number of hydrogen-bond acceptors (Lipinski definition) is 6. The van der Waals surface area contributed by atoms with Gasteiger partial charge in [0.05, 0.1) is 15.4 Å². The second-order valence-corrected chi connectivity index (χ2v) is 8.28. The molecule has 2 N–H and O–H groups in total. The zero-order chi connectivity index (χ0) is 23.1. The van der Waals surface area contributed by atoms with Gasteiger partial charge >= 0.3 is 0 Å². The molecule has 168 valence electrons. The summed E-state index contributed by atoms with van der Waals surface area (Å²) in [4.78, 5) is 21.4. The summed E-state index contributed by atoms with van der Waals surface area (Å²) in [6.07, 6.45) is -0.920. The predicted molar refractivity (Wildman–Crippen MR) is 123 cm³/mol. The standard InChI is InChI=1S/C22H16Cl2F2N6O/c23-15-2-1-3-16(24)19(15)32-21(33)14-10-28-22(30-17(14)18(31-32)20(25)26)29-13-5-4-12-9-27-7-6-11(12)8-13/h1-5,8,10,20,27H,6-7,9H2,(H,28,29,30). The van der Waals surface area contributed by atoms with Gasteiger partial charge in [-0.15, -0.1) is 0 Å². The molecule has 4 aromatic rings. The van der Waals surface area contributed by atoms with Gasteiger partial charge in [0.25, 0.3) is 12.0 Å². The monoisotopic (exact) mass is 488 g/mol. The third-order valence-electron chi connectivity index (χ3n) is 5.37. The molecule has 11 heteroatoms. The van der Waals surface area contributed by atoms with Crippen LogP contribution in [0.25, 0.3) is 16.6 Å². The largest absolute Gasteiger partial charge is 0.324 e. The first kappa shape index (κ1) is 21.7. The van der Waals surface area contributed by atoms with Crippen molar-refractivity contribution in [2.24, 2.45) is 0 Å². The number of halogens is 4. The fraction of sp³-hybridized carbons (Fsp3) is 0.182. The van der Waals surface area contributed by atoms with Crippen molar-refractivity contribution in [3.05, 3.63) is 79.8 Å². The Morgan fingerprint density at radius 2 is 1.91 bits per heavy atom. The summed E-state index contributed by atoms with van der Waals surface area (Å²) in [6.45, 7) is 1.68. The number of alkyl halides is 2. The van der Waals surface area contributed by atoms with E-state index in [1.54, 1.807) is 6.07 Å². The number of aromatic nitrogens is 4. The summed E-state index contributed by atoms with van der Waals surface area (Å²) in [5.41, 5.74) is 1.50. The second kappa shape index (κ2) is 8.66. The lowest BCUT2D eigenvalue weighted by molar-refractivity contribution is 0.145. The van der Waals surface area contributed by atoms with E-state index < -0.39 is 17.7 Å². The van der Waals surface area contributed by atoms with E-state index in [2.05, 4.69) is 25.7 Å². The molecule has 2 aromatic heterocycles. The van der Waals surface area contributed by atoms with Crippen LogP contribution in [0.3, 0.4) is 0 Å². The van der Waals surface area contributed by atoms with Crippen LogP contribution < -0.4 is 16.2 Å². The van der Waals surface area contributed by atoms with Crippen LogP contribution >= 0.6 is 23.2 Å². The summed E-state index contributed by atoms with van der Waals surface area (Å²) < 4.78 is 28.7. The van der Waals surface area contributed by atoms with Gasteiger partial charge in [0, 0.05) is 18.4 Å². The van der Waals surface area contributed by atoms with E-state index >= 15 is 0 Å². The molecule has 0 spiro atoms. The maximum atomic E-state index is 13.9. The summed E-state index contributed by atoms with van der Waals surface area (Å²) in [6, 6.07) is 10.4. The third-order valence-corrected chi connectivity index (χ3v) is 5.98. The van der Waals surface area contributed by atoms with Gasteiger partial charge in [0.15, 0.2) is 5.69 Å². The number of benzene rings is 2. The SMILES string of the molecule is O=c1c2cnc(Nc3ccc4c(c3)CCNC4)nc2c(C(F)F)nn1-c1c(Cl)cccc1Cl. The molecule has 5 rings (SSSR count). The van der Waals surface area contributed by atoms with E-state index in [-0.39, 0.29) is 32.6 Å². The molecule has 1 aliphatic rings. The van der Waals surface area contributed by atoms with Crippen molar-refractivity contribution in [2.45, 2.75) is 19.4 Å². The average Bonchev–Trinajstić information content (AvgIpc) is 2.80. The summed E-state index contributed by atoms with van der Waals surface area (Å²) in [5, 5.41) is 10.3. The zero-order valence-corrected chi connectivity index (χ0v) is 18.5. The van der Waals surface area contributed by atoms with Crippen molar-refractivity contribution >= 4 is 45.7 Å². The second-order valence-electron chi connectivity index (χ2n) is 7.46. The Morgan fingerprint density at radius 1 is 1.12 bits per heavy atom. The van der Waals surface area contributed by atoms with Crippen LogP contribution in [0.1, 0.15) is 23.2 Å². The molecule has 7 nitrogen and oxygen atoms in total. The number of nitrogens with one attached hydrogen (secondary N) is 2. The third kappa shape index (κ3) is 4.03. The van der Waals surface area contributed by atoms with Crippen LogP contribution in [0.4, 0.5) is 20.4 Å². The normalized spacial score (nSPS) is 13.4. The van der Waals surface area contributed by atoms with E-state index in [0.29, 0.717) is 0 Å². The van der Waals surface area contributed by atoms with Gasteiger partial charge in [-0.1, -0.05) is 35.3 Å². The Balaban J connectivity index is 1.61. The fourth-order valence-electron chi connectivity index (χ4n) is 3.78. The molecule has 33 heavy (non-hydrogen) atoms. The van der Waals surface area contributed by atoms with E-state index in [1.807, 2.05) is 18.2 Å². The molecule has 0 bridgehead atoms. The van der Waals surface area contributed by atoms with Crippen molar-refractivity contribution in [3.8, 4) is 5.69 Å². The number of rotatable bonds is 4. The summed E-state index contributed by atoms with van der Waals surface area (Å²) >= 11 is 12.3. The predicted octanol–water partition coefficient (Wildman–Crippen LogP) is 4.81. The molecular weight excluding hydrogens is 473 g/mol. The number of fused-ring (bicyclic) bond motifs is 2. The van der Waals surface area contributed by atoms with E-state index in [0.717, 1.165) is 29.9 Å². The Hall–Kier alpha value is -3.14. The molecular formula is C22H16Cl2F2N6O. The van der Waals surface area contributed by atoms with Gasteiger partial charge in [-0.2, -0.15) is 9.78 Å². The highest BCUT2D eigenvalue weighted by atomic mass is 35.5. The quantitative estimate of drug-likeness (QED) is 0.428. The molecule has 0 saturated heterocycles. The molecule has 0 fully saturated rings. The zero-order valence-electron chi connectivity index (χ0n) is 16.9. The molecule has 0 unspecified atom stereocenters. The smallest absolute Gasteiger partial charge is 0.284 e. The molecule has 3 heterocycles. The molecule has 2 aromatic carbocycles. The van der Waals surface area contributed by atoms with Gasteiger partial charge in [-0.05, 0) is 48.4 Å². The summed E-state index contributed by atoms with van der Waals surface area (Å²) in [7, 11) is 0. The van der Waals surface area contributed by atoms with Crippen LogP contribution in [-0.2, 0) is 13.0 Å². The summed E-state index contributed by atoms with van der Waals surface area (Å²) in [5.74, 6) is 0.0769.